The fourth-order valence-electron chi connectivity index (χ4n) is 1.24. The Morgan fingerprint density at radius 1 is 1.40 bits per heavy atom. The van der Waals surface area contributed by atoms with Crippen LogP contribution in [0, 0.1) is 0 Å². The molecule has 1 aromatic carbocycles. The number of carbonyl (C=O) groups excluding carboxylic acids is 1. The lowest BCUT2D eigenvalue weighted by molar-refractivity contribution is 0.157. The van der Waals surface area contributed by atoms with Crippen LogP contribution in [0.5, 0.6) is 0 Å². The van der Waals surface area contributed by atoms with Crippen LogP contribution in [-0.2, 0) is 4.74 Å². The van der Waals surface area contributed by atoms with E-state index in [0.717, 1.165) is 5.69 Å². The number of rotatable bonds is 4. The van der Waals surface area contributed by atoms with Gasteiger partial charge in [0.25, 0.3) is 0 Å². The summed E-state index contributed by atoms with van der Waals surface area (Å²) in [4.78, 5) is 12.9. The number of ether oxygens (including phenoxy) is 1. The maximum Gasteiger partial charge on any atom is 0.414 e. The second kappa shape index (κ2) is 6.03. The Bertz CT molecular complexity index is 300. The minimum absolute atomic E-state index is 0.0896. The van der Waals surface area contributed by atoms with Crippen LogP contribution in [0.15, 0.2) is 30.3 Å². The van der Waals surface area contributed by atoms with Crippen LogP contribution >= 0.6 is 0 Å². The van der Waals surface area contributed by atoms with Crippen molar-refractivity contribution in [1.82, 2.24) is 0 Å². The highest BCUT2D eigenvalue weighted by molar-refractivity contribution is 5.87. The number of amides is 1. The highest BCUT2D eigenvalue weighted by Gasteiger charge is 2.15. The van der Waals surface area contributed by atoms with Crippen LogP contribution in [0.1, 0.15) is 6.92 Å². The third-order valence-electron chi connectivity index (χ3n) is 1.88. The normalized spacial score (nSPS) is 9.73. The van der Waals surface area contributed by atoms with Crippen molar-refractivity contribution in [2.45, 2.75) is 6.92 Å². The Morgan fingerprint density at radius 2 is 2.07 bits per heavy atom. The predicted octanol–water partition coefficient (Wildman–Crippen LogP) is 1.64. The molecule has 15 heavy (non-hydrogen) atoms. The monoisotopic (exact) mass is 209 g/mol. The molecule has 1 N–H and O–H groups in total. The first-order valence-corrected chi connectivity index (χ1v) is 4.89. The molecule has 4 nitrogen and oxygen atoms in total. The van der Waals surface area contributed by atoms with Gasteiger partial charge in [0.05, 0.1) is 19.8 Å². The van der Waals surface area contributed by atoms with Crippen LogP contribution in [0.25, 0.3) is 0 Å². The minimum atomic E-state index is -0.433. The average Bonchev–Trinajstić information content (AvgIpc) is 2.27. The van der Waals surface area contributed by atoms with Crippen LogP contribution in [-0.4, -0.2) is 31.0 Å². The van der Waals surface area contributed by atoms with Crippen LogP contribution < -0.4 is 4.90 Å². The molecule has 1 amide bonds. The van der Waals surface area contributed by atoms with Gasteiger partial charge >= 0.3 is 6.09 Å². The van der Waals surface area contributed by atoms with Gasteiger partial charge in [0, 0.05) is 5.69 Å². The standard InChI is InChI=1S/C11H15NO3/c1-2-15-11(14)12(8-9-13)10-6-4-3-5-7-10/h3-7,13H,2,8-9H2,1H3. The number of carbonyl (C=O) groups is 1. The van der Waals surface area contributed by atoms with Gasteiger partial charge < -0.3 is 9.84 Å². The summed E-state index contributed by atoms with van der Waals surface area (Å²) in [6.07, 6.45) is -0.433. The summed E-state index contributed by atoms with van der Waals surface area (Å²) in [5, 5.41) is 8.87. The molecular formula is C11H15NO3. The largest absolute Gasteiger partial charge is 0.449 e. The molecule has 0 aliphatic heterocycles. The molecule has 0 heterocycles. The molecule has 4 heteroatoms. The molecule has 0 saturated heterocycles. The van der Waals surface area contributed by atoms with Crippen molar-refractivity contribution < 1.29 is 14.6 Å². The third-order valence-corrected chi connectivity index (χ3v) is 1.88. The molecule has 0 bridgehead atoms. The first kappa shape index (κ1) is 11.5. The summed E-state index contributed by atoms with van der Waals surface area (Å²) in [7, 11) is 0. The van der Waals surface area contributed by atoms with Gasteiger partial charge in [-0.2, -0.15) is 0 Å². The lowest BCUT2D eigenvalue weighted by atomic mass is 10.3. The Labute approximate surface area is 89.1 Å². The van der Waals surface area contributed by atoms with E-state index in [-0.39, 0.29) is 13.2 Å². The SMILES string of the molecule is CCOC(=O)N(CCO)c1ccccc1. The van der Waals surface area contributed by atoms with Crippen LogP contribution in [0.2, 0.25) is 0 Å². The van der Waals surface area contributed by atoms with Gasteiger partial charge in [0.2, 0.25) is 0 Å². The molecule has 0 atom stereocenters. The summed E-state index contributed by atoms with van der Waals surface area (Å²) < 4.78 is 4.89. The number of aliphatic hydroxyl groups excluding tert-OH is 1. The third kappa shape index (κ3) is 3.25. The van der Waals surface area contributed by atoms with Crippen molar-refractivity contribution >= 4 is 11.8 Å². The van der Waals surface area contributed by atoms with Crippen molar-refractivity contribution in [2.24, 2.45) is 0 Å². The van der Waals surface area contributed by atoms with Gasteiger partial charge in [-0.3, -0.25) is 4.90 Å². The molecule has 1 aromatic rings. The molecule has 0 aliphatic rings. The number of aliphatic hydroxyl groups is 1. The Morgan fingerprint density at radius 3 is 2.60 bits per heavy atom. The molecule has 0 fully saturated rings. The quantitative estimate of drug-likeness (QED) is 0.820. The zero-order valence-corrected chi connectivity index (χ0v) is 8.72. The molecule has 0 aromatic heterocycles. The van der Waals surface area contributed by atoms with E-state index in [1.165, 1.54) is 4.90 Å². The van der Waals surface area contributed by atoms with E-state index in [0.29, 0.717) is 6.61 Å². The lowest BCUT2D eigenvalue weighted by Crippen LogP contribution is -2.34. The number of hydrogen-bond donors (Lipinski definition) is 1. The first-order valence-electron chi connectivity index (χ1n) is 4.89. The van der Waals surface area contributed by atoms with Crippen molar-refractivity contribution in [3.63, 3.8) is 0 Å². The van der Waals surface area contributed by atoms with E-state index < -0.39 is 6.09 Å². The lowest BCUT2D eigenvalue weighted by Gasteiger charge is -2.20. The highest BCUT2D eigenvalue weighted by Crippen LogP contribution is 2.13. The zero-order chi connectivity index (χ0) is 11.1. The van der Waals surface area contributed by atoms with Crippen molar-refractivity contribution in [3.05, 3.63) is 30.3 Å². The maximum absolute atomic E-state index is 11.5. The van der Waals surface area contributed by atoms with Crippen molar-refractivity contribution in [3.8, 4) is 0 Å². The zero-order valence-electron chi connectivity index (χ0n) is 8.72. The van der Waals surface area contributed by atoms with E-state index in [2.05, 4.69) is 0 Å². The number of nitrogens with zero attached hydrogens (tertiary/aromatic N) is 1. The fourth-order valence-corrected chi connectivity index (χ4v) is 1.24. The van der Waals surface area contributed by atoms with Crippen molar-refractivity contribution in [2.75, 3.05) is 24.7 Å². The smallest absolute Gasteiger partial charge is 0.414 e. The van der Waals surface area contributed by atoms with E-state index >= 15 is 0 Å². The van der Waals surface area contributed by atoms with Gasteiger partial charge in [-0.1, -0.05) is 18.2 Å². The van der Waals surface area contributed by atoms with Gasteiger partial charge in [-0.25, -0.2) is 4.79 Å². The molecule has 0 saturated carbocycles. The Balaban J connectivity index is 2.78. The molecule has 1 rings (SSSR count). The summed E-state index contributed by atoms with van der Waals surface area (Å²) in [6.45, 7) is 2.23. The predicted molar refractivity (Wildman–Crippen MR) is 57.9 cm³/mol. The minimum Gasteiger partial charge on any atom is -0.449 e. The highest BCUT2D eigenvalue weighted by atomic mass is 16.6. The second-order valence-corrected chi connectivity index (χ2v) is 2.91. The molecule has 82 valence electrons. The number of benzene rings is 1. The topological polar surface area (TPSA) is 49.8 Å². The first-order chi connectivity index (χ1) is 7.29. The molecule has 0 spiro atoms. The van der Waals surface area contributed by atoms with Crippen LogP contribution in [0.3, 0.4) is 0 Å². The average molecular weight is 209 g/mol. The Hall–Kier alpha value is -1.55. The Kier molecular flexibility index (Phi) is 4.63. The van der Waals surface area contributed by atoms with Crippen LogP contribution in [0.4, 0.5) is 10.5 Å². The van der Waals surface area contributed by atoms with Gasteiger partial charge in [-0.15, -0.1) is 0 Å². The summed E-state index contributed by atoms with van der Waals surface area (Å²) in [5.41, 5.74) is 0.727. The number of hydrogen-bond acceptors (Lipinski definition) is 3. The number of anilines is 1. The molecule has 0 radical (unpaired) electrons. The molecular weight excluding hydrogens is 194 g/mol. The summed E-state index contributed by atoms with van der Waals surface area (Å²) >= 11 is 0. The summed E-state index contributed by atoms with van der Waals surface area (Å²) in [6, 6.07) is 9.13. The maximum atomic E-state index is 11.5. The van der Waals surface area contributed by atoms with E-state index in [1.807, 2.05) is 18.2 Å². The van der Waals surface area contributed by atoms with Gasteiger partial charge in [0.15, 0.2) is 0 Å². The number of para-hydroxylation sites is 1. The summed E-state index contributed by atoms with van der Waals surface area (Å²) in [5.74, 6) is 0. The molecule has 0 aliphatic carbocycles. The van der Waals surface area contributed by atoms with E-state index in [1.54, 1.807) is 19.1 Å². The van der Waals surface area contributed by atoms with Gasteiger partial charge in [0.1, 0.15) is 0 Å². The fraction of sp³-hybridized carbons (Fsp3) is 0.364. The van der Waals surface area contributed by atoms with E-state index in [4.69, 9.17) is 9.84 Å². The van der Waals surface area contributed by atoms with E-state index in [9.17, 15) is 4.79 Å². The van der Waals surface area contributed by atoms with Crippen molar-refractivity contribution in [1.29, 1.82) is 0 Å². The van der Waals surface area contributed by atoms with Gasteiger partial charge in [-0.05, 0) is 19.1 Å². The second-order valence-electron chi connectivity index (χ2n) is 2.91. The molecule has 0 unspecified atom stereocenters.